The molecule has 0 saturated heterocycles. The van der Waals surface area contributed by atoms with E-state index in [1.807, 2.05) is 24.3 Å². The minimum atomic E-state index is 0. The minimum absolute atomic E-state index is 0. The van der Waals surface area contributed by atoms with Gasteiger partial charge in [0.2, 0.25) is 0 Å². The topological polar surface area (TPSA) is 72.1 Å². The Balaban J connectivity index is 0.00000280. The highest BCUT2D eigenvalue weighted by Gasteiger charge is 2.19. The molecule has 2 aromatic rings. The number of benzene rings is 2. The van der Waals surface area contributed by atoms with Gasteiger partial charge in [0.25, 0.3) is 0 Å². The quantitative estimate of drug-likeness (QED) is 0.365. The Labute approximate surface area is 184 Å². The molecule has 1 aliphatic rings. The van der Waals surface area contributed by atoms with Gasteiger partial charge in [0.05, 0.1) is 20.8 Å². The number of hydrogen-bond donors (Lipinski definition) is 2. The number of hydrogen-bond acceptors (Lipinski definition) is 4. The summed E-state index contributed by atoms with van der Waals surface area (Å²) in [5.41, 5.74) is 10.8. The van der Waals surface area contributed by atoms with Gasteiger partial charge in [-0.15, -0.1) is 24.0 Å². The second kappa shape index (κ2) is 10.5. The van der Waals surface area contributed by atoms with Gasteiger partial charge in [-0.05, 0) is 48.7 Å². The van der Waals surface area contributed by atoms with Crippen LogP contribution in [0, 0.1) is 6.92 Å². The van der Waals surface area contributed by atoms with Crippen LogP contribution in [0.4, 0.5) is 5.69 Å². The molecule has 3 N–H and O–H groups in total. The van der Waals surface area contributed by atoms with Crippen molar-refractivity contribution in [2.24, 2.45) is 10.7 Å². The number of methoxy groups -OCH3 is 2. The van der Waals surface area contributed by atoms with Crippen LogP contribution < -0.4 is 20.5 Å². The van der Waals surface area contributed by atoms with Crippen LogP contribution in [0.3, 0.4) is 0 Å². The fraction of sp³-hybridized carbons (Fsp3) is 0.381. The van der Waals surface area contributed by atoms with Gasteiger partial charge in [0.1, 0.15) is 0 Å². The minimum Gasteiger partial charge on any atom is -0.493 e. The molecule has 1 aliphatic heterocycles. The third-order valence-electron chi connectivity index (χ3n) is 4.82. The van der Waals surface area contributed by atoms with Gasteiger partial charge < -0.3 is 20.5 Å². The zero-order valence-corrected chi connectivity index (χ0v) is 19.0. The lowest BCUT2D eigenvalue weighted by molar-refractivity contribution is 0.260. The fourth-order valence-corrected chi connectivity index (χ4v) is 3.27. The zero-order chi connectivity index (χ0) is 19.2. The van der Waals surface area contributed by atoms with Gasteiger partial charge in [0.15, 0.2) is 17.5 Å². The second-order valence-electron chi connectivity index (χ2n) is 6.76. The Hall–Kier alpha value is -2.00. The van der Waals surface area contributed by atoms with Gasteiger partial charge in [-0.1, -0.05) is 17.7 Å². The molecule has 152 valence electrons. The molecule has 2 aromatic carbocycles. The number of nitrogens with two attached hydrogens (primary N) is 1. The molecule has 3 rings (SSSR count). The number of nitrogens with zero attached hydrogens (tertiary/aromatic N) is 2. The van der Waals surface area contributed by atoms with Gasteiger partial charge in [-0.3, -0.25) is 9.89 Å². The Morgan fingerprint density at radius 2 is 1.75 bits per heavy atom. The summed E-state index contributed by atoms with van der Waals surface area (Å²) in [6.07, 6.45) is 0.997. The van der Waals surface area contributed by atoms with Crippen molar-refractivity contribution >= 4 is 35.6 Å². The van der Waals surface area contributed by atoms with E-state index in [1.165, 1.54) is 16.7 Å². The van der Waals surface area contributed by atoms with E-state index < -0.39 is 0 Å². The highest BCUT2D eigenvalue weighted by molar-refractivity contribution is 14.0. The van der Waals surface area contributed by atoms with Crippen molar-refractivity contribution in [1.82, 2.24) is 4.90 Å². The van der Waals surface area contributed by atoms with Crippen LogP contribution in [-0.2, 0) is 13.0 Å². The monoisotopic (exact) mass is 496 g/mol. The molecule has 1 heterocycles. The van der Waals surface area contributed by atoms with E-state index in [1.54, 1.807) is 14.2 Å². The number of anilines is 1. The second-order valence-corrected chi connectivity index (χ2v) is 6.76. The molecular weight excluding hydrogens is 467 g/mol. The van der Waals surface area contributed by atoms with Gasteiger partial charge in [-0.2, -0.15) is 0 Å². The normalized spacial score (nSPS) is 14.0. The largest absolute Gasteiger partial charge is 0.493 e. The smallest absolute Gasteiger partial charge is 0.193 e. The molecule has 0 saturated carbocycles. The molecule has 6 nitrogen and oxygen atoms in total. The molecule has 0 radical (unpaired) electrons. The molecule has 0 bridgehead atoms. The van der Waals surface area contributed by atoms with Crippen LogP contribution in [0.15, 0.2) is 41.4 Å². The van der Waals surface area contributed by atoms with Crippen molar-refractivity contribution in [3.8, 4) is 11.5 Å². The first-order chi connectivity index (χ1) is 13.1. The van der Waals surface area contributed by atoms with Gasteiger partial charge in [-0.25, -0.2) is 0 Å². The van der Waals surface area contributed by atoms with Crippen LogP contribution in [-0.4, -0.2) is 44.7 Å². The number of fused-ring (bicyclic) bond motifs is 1. The molecule has 0 aromatic heterocycles. The van der Waals surface area contributed by atoms with Crippen molar-refractivity contribution in [3.63, 3.8) is 0 Å². The first-order valence-electron chi connectivity index (χ1n) is 9.19. The van der Waals surface area contributed by atoms with Crippen molar-refractivity contribution in [2.45, 2.75) is 19.9 Å². The molecule has 0 spiro atoms. The summed E-state index contributed by atoms with van der Waals surface area (Å²) < 4.78 is 10.8. The Morgan fingerprint density at radius 3 is 2.39 bits per heavy atom. The van der Waals surface area contributed by atoms with Crippen molar-refractivity contribution in [2.75, 3.05) is 39.2 Å². The van der Waals surface area contributed by atoms with Gasteiger partial charge in [0, 0.05) is 25.3 Å². The standard InChI is InChI=1S/C21H28N4O2.HI/c1-15-4-6-18(7-5-15)24-21(22)23-9-11-25-10-8-16-12-19(26-2)20(27-3)13-17(16)14-25;/h4-7,12-13H,8-11,14H2,1-3H3,(H3,22,23,24);1H. The van der Waals surface area contributed by atoms with Crippen molar-refractivity contribution < 1.29 is 9.47 Å². The highest BCUT2D eigenvalue weighted by atomic mass is 127. The molecule has 7 heteroatoms. The summed E-state index contributed by atoms with van der Waals surface area (Å²) in [6, 6.07) is 12.3. The number of rotatable bonds is 6. The van der Waals surface area contributed by atoms with Gasteiger partial charge >= 0.3 is 0 Å². The van der Waals surface area contributed by atoms with Crippen LogP contribution in [0.1, 0.15) is 16.7 Å². The Kier molecular flexibility index (Phi) is 8.37. The molecule has 0 unspecified atom stereocenters. The van der Waals surface area contributed by atoms with E-state index in [4.69, 9.17) is 15.2 Å². The third-order valence-corrected chi connectivity index (χ3v) is 4.82. The predicted molar refractivity (Wildman–Crippen MR) is 125 cm³/mol. The summed E-state index contributed by atoms with van der Waals surface area (Å²) in [7, 11) is 3.34. The third kappa shape index (κ3) is 5.75. The fourth-order valence-electron chi connectivity index (χ4n) is 3.27. The summed E-state index contributed by atoms with van der Waals surface area (Å²) in [5.74, 6) is 2.02. The predicted octanol–water partition coefficient (Wildman–Crippen LogP) is 3.42. The van der Waals surface area contributed by atoms with E-state index >= 15 is 0 Å². The number of halogens is 1. The van der Waals surface area contributed by atoms with E-state index in [0.29, 0.717) is 12.5 Å². The lowest BCUT2D eigenvalue weighted by atomic mass is 9.99. The summed E-state index contributed by atoms with van der Waals surface area (Å²) >= 11 is 0. The van der Waals surface area contributed by atoms with E-state index in [0.717, 1.165) is 43.2 Å². The average Bonchev–Trinajstić information content (AvgIpc) is 2.68. The number of nitrogens with one attached hydrogen (secondary N) is 1. The average molecular weight is 496 g/mol. The maximum Gasteiger partial charge on any atom is 0.193 e. The number of guanidine groups is 1. The lowest BCUT2D eigenvalue weighted by Gasteiger charge is -2.29. The highest BCUT2D eigenvalue weighted by Crippen LogP contribution is 2.33. The molecular formula is C21H29IN4O2. The first-order valence-corrected chi connectivity index (χ1v) is 9.19. The number of ether oxygens (including phenoxy) is 2. The Morgan fingerprint density at radius 1 is 1.11 bits per heavy atom. The summed E-state index contributed by atoms with van der Waals surface area (Å²) in [5, 5.41) is 3.13. The maximum absolute atomic E-state index is 6.00. The Bertz CT molecular complexity index is 809. The molecule has 0 amide bonds. The van der Waals surface area contributed by atoms with Crippen LogP contribution in [0.25, 0.3) is 0 Å². The summed E-state index contributed by atoms with van der Waals surface area (Å²) in [6.45, 7) is 5.47. The molecule has 0 aliphatic carbocycles. The van der Waals surface area contributed by atoms with E-state index in [9.17, 15) is 0 Å². The number of aryl methyl sites for hydroxylation is 1. The van der Waals surface area contributed by atoms with E-state index in [-0.39, 0.29) is 24.0 Å². The van der Waals surface area contributed by atoms with Crippen LogP contribution in [0.5, 0.6) is 11.5 Å². The molecule has 28 heavy (non-hydrogen) atoms. The van der Waals surface area contributed by atoms with Crippen LogP contribution >= 0.6 is 24.0 Å². The molecule has 0 atom stereocenters. The lowest BCUT2D eigenvalue weighted by Crippen LogP contribution is -2.33. The zero-order valence-electron chi connectivity index (χ0n) is 16.7. The molecule has 0 fully saturated rings. The SMILES string of the molecule is COc1cc2c(cc1OC)CN(CCN=C(N)Nc1ccc(C)cc1)CC2.I. The van der Waals surface area contributed by atoms with Crippen molar-refractivity contribution in [1.29, 1.82) is 0 Å². The number of aliphatic imine (C=N–C) groups is 1. The summed E-state index contributed by atoms with van der Waals surface area (Å²) in [4.78, 5) is 6.84. The van der Waals surface area contributed by atoms with E-state index in [2.05, 4.69) is 34.3 Å². The van der Waals surface area contributed by atoms with Crippen molar-refractivity contribution in [3.05, 3.63) is 53.1 Å². The first kappa shape index (κ1) is 22.3. The maximum atomic E-state index is 6.00. The van der Waals surface area contributed by atoms with Crippen LogP contribution in [0.2, 0.25) is 0 Å².